The summed E-state index contributed by atoms with van der Waals surface area (Å²) in [6.07, 6.45) is -0.827. The Bertz CT molecular complexity index is 576. The van der Waals surface area contributed by atoms with E-state index in [1.54, 1.807) is 26.8 Å². The first-order valence-corrected chi connectivity index (χ1v) is 6.55. The van der Waals surface area contributed by atoms with Gasteiger partial charge in [-0.25, -0.2) is 9.59 Å². The van der Waals surface area contributed by atoms with Crippen molar-refractivity contribution < 1.29 is 29.0 Å². The maximum atomic E-state index is 12.3. The standard InChI is InChI=1S/C15H19NO6/c1-15(2,3)22-14(20)16(9-12(17)21-4)11-8-6-5-7-10(11)13(18)19/h5-8H,9H2,1-4H3,(H,18,19). The van der Waals surface area contributed by atoms with Crippen LogP contribution in [0.1, 0.15) is 31.1 Å². The Labute approximate surface area is 128 Å². The van der Waals surface area contributed by atoms with Crippen LogP contribution in [0.5, 0.6) is 0 Å². The molecule has 22 heavy (non-hydrogen) atoms. The summed E-state index contributed by atoms with van der Waals surface area (Å²) >= 11 is 0. The number of para-hydroxylation sites is 1. The Kier molecular flexibility index (Phi) is 5.50. The SMILES string of the molecule is COC(=O)CN(C(=O)OC(C)(C)C)c1ccccc1C(=O)O. The number of carboxylic acids is 1. The number of carbonyl (C=O) groups excluding carboxylic acids is 2. The highest BCUT2D eigenvalue weighted by atomic mass is 16.6. The van der Waals surface area contributed by atoms with Crippen molar-refractivity contribution in [3.05, 3.63) is 29.8 Å². The number of hydrogen-bond donors (Lipinski definition) is 1. The van der Waals surface area contributed by atoms with Crippen molar-refractivity contribution in [2.75, 3.05) is 18.6 Å². The van der Waals surface area contributed by atoms with E-state index < -0.39 is 30.2 Å². The summed E-state index contributed by atoms with van der Waals surface area (Å²) in [6, 6.07) is 5.86. The Hall–Kier alpha value is -2.57. The number of esters is 1. The third-order valence-electron chi connectivity index (χ3n) is 2.55. The van der Waals surface area contributed by atoms with Crippen LogP contribution in [0.4, 0.5) is 10.5 Å². The third-order valence-corrected chi connectivity index (χ3v) is 2.55. The predicted octanol–water partition coefficient (Wildman–Crippen LogP) is 2.30. The summed E-state index contributed by atoms with van der Waals surface area (Å²) in [5.41, 5.74) is -0.837. The van der Waals surface area contributed by atoms with Crippen molar-refractivity contribution in [2.45, 2.75) is 26.4 Å². The first-order chi connectivity index (χ1) is 10.2. The molecule has 1 amide bonds. The van der Waals surface area contributed by atoms with Crippen molar-refractivity contribution in [1.82, 2.24) is 0 Å². The van der Waals surface area contributed by atoms with Crippen LogP contribution >= 0.6 is 0 Å². The summed E-state index contributed by atoms with van der Waals surface area (Å²) in [6.45, 7) is 4.56. The van der Waals surface area contributed by atoms with Crippen LogP contribution in [0.25, 0.3) is 0 Å². The van der Waals surface area contributed by atoms with E-state index >= 15 is 0 Å². The minimum atomic E-state index is -1.21. The topological polar surface area (TPSA) is 93.1 Å². The van der Waals surface area contributed by atoms with Crippen LogP contribution in [0.15, 0.2) is 24.3 Å². The molecule has 1 aromatic rings. The quantitative estimate of drug-likeness (QED) is 0.858. The molecule has 0 aliphatic heterocycles. The molecule has 1 N–H and O–H groups in total. The number of methoxy groups -OCH3 is 1. The molecular weight excluding hydrogens is 290 g/mol. The van der Waals surface area contributed by atoms with Gasteiger partial charge in [0.1, 0.15) is 12.1 Å². The van der Waals surface area contributed by atoms with E-state index in [0.29, 0.717) is 0 Å². The number of aromatic carboxylic acids is 1. The van der Waals surface area contributed by atoms with E-state index in [1.165, 1.54) is 25.3 Å². The molecule has 0 radical (unpaired) electrons. The number of anilines is 1. The van der Waals surface area contributed by atoms with Gasteiger partial charge in [-0.3, -0.25) is 9.69 Å². The Morgan fingerprint density at radius 3 is 2.27 bits per heavy atom. The highest BCUT2D eigenvalue weighted by Crippen LogP contribution is 2.23. The van der Waals surface area contributed by atoms with Crippen molar-refractivity contribution in [1.29, 1.82) is 0 Å². The van der Waals surface area contributed by atoms with Crippen molar-refractivity contribution in [3.63, 3.8) is 0 Å². The van der Waals surface area contributed by atoms with Gasteiger partial charge in [0.15, 0.2) is 0 Å². The zero-order valence-electron chi connectivity index (χ0n) is 13.0. The minimum absolute atomic E-state index is 0.0645. The third kappa shape index (κ3) is 4.76. The molecule has 0 aromatic heterocycles. The molecule has 0 saturated heterocycles. The van der Waals surface area contributed by atoms with Crippen molar-refractivity contribution >= 4 is 23.7 Å². The van der Waals surface area contributed by atoms with Gasteiger partial charge in [-0.15, -0.1) is 0 Å². The van der Waals surface area contributed by atoms with E-state index in [2.05, 4.69) is 4.74 Å². The van der Waals surface area contributed by atoms with Crippen LogP contribution in [0.2, 0.25) is 0 Å². The lowest BCUT2D eigenvalue weighted by molar-refractivity contribution is -0.139. The molecule has 0 aliphatic carbocycles. The highest BCUT2D eigenvalue weighted by molar-refractivity contribution is 6.02. The zero-order chi connectivity index (χ0) is 16.9. The minimum Gasteiger partial charge on any atom is -0.478 e. The van der Waals surface area contributed by atoms with Gasteiger partial charge in [0, 0.05) is 0 Å². The fraction of sp³-hybridized carbons (Fsp3) is 0.400. The maximum Gasteiger partial charge on any atom is 0.415 e. The number of benzene rings is 1. The lowest BCUT2D eigenvalue weighted by Gasteiger charge is -2.27. The monoisotopic (exact) mass is 309 g/mol. The molecule has 1 rings (SSSR count). The Morgan fingerprint density at radius 1 is 1.18 bits per heavy atom. The molecule has 0 saturated carbocycles. The highest BCUT2D eigenvalue weighted by Gasteiger charge is 2.28. The number of amides is 1. The van der Waals surface area contributed by atoms with Crippen LogP contribution in [0, 0.1) is 0 Å². The fourth-order valence-electron chi connectivity index (χ4n) is 1.65. The first-order valence-electron chi connectivity index (χ1n) is 6.55. The van der Waals surface area contributed by atoms with Crippen LogP contribution < -0.4 is 4.90 Å². The average molecular weight is 309 g/mol. The number of ether oxygens (including phenoxy) is 2. The van der Waals surface area contributed by atoms with Gasteiger partial charge in [0.25, 0.3) is 0 Å². The Morgan fingerprint density at radius 2 is 1.77 bits per heavy atom. The molecular formula is C15H19NO6. The molecule has 0 unspecified atom stereocenters. The van der Waals surface area contributed by atoms with E-state index in [0.717, 1.165) is 4.90 Å². The van der Waals surface area contributed by atoms with Gasteiger partial charge in [0.2, 0.25) is 0 Å². The smallest absolute Gasteiger partial charge is 0.415 e. The molecule has 0 spiro atoms. The molecule has 0 atom stereocenters. The van der Waals surface area contributed by atoms with Crippen LogP contribution in [-0.2, 0) is 14.3 Å². The van der Waals surface area contributed by atoms with Gasteiger partial charge < -0.3 is 14.6 Å². The molecule has 1 aromatic carbocycles. The summed E-state index contributed by atoms with van der Waals surface area (Å²) in [5.74, 6) is -1.90. The summed E-state index contributed by atoms with van der Waals surface area (Å²) in [5, 5.41) is 9.23. The van der Waals surface area contributed by atoms with Crippen LogP contribution in [-0.4, -0.2) is 42.4 Å². The number of hydrogen-bond acceptors (Lipinski definition) is 5. The van der Waals surface area contributed by atoms with Gasteiger partial charge in [-0.05, 0) is 32.9 Å². The van der Waals surface area contributed by atoms with Gasteiger partial charge in [-0.1, -0.05) is 12.1 Å². The maximum absolute atomic E-state index is 12.3. The summed E-state index contributed by atoms with van der Waals surface area (Å²) < 4.78 is 9.77. The largest absolute Gasteiger partial charge is 0.478 e. The second-order valence-corrected chi connectivity index (χ2v) is 5.46. The van der Waals surface area contributed by atoms with E-state index in [-0.39, 0.29) is 11.3 Å². The van der Waals surface area contributed by atoms with Crippen molar-refractivity contribution in [2.24, 2.45) is 0 Å². The summed E-state index contributed by atoms with van der Waals surface area (Å²) in [7, 11) is 1.18. The average Bonchev–Trinajstić information content (AvgIpc) is 2.42. The summed E-state index contributed by atoms with van der Waals surface area (Å²) in [4.78, 5) is 36.1. The lowest BCUT2D eigenvalue weighted by atomic mass is 10.1. The first kappa shape index (κ1) is 17.5. The molecule has 0 heterocycles. The fourth-order valence-corrected chi connectivity index (χ4v) is 1.65. The van der Waals surface area contributed by atoms with Gasteiger partial charge in [-0.2, -0.15) is 0 Å². The molecule has 7 nitrogen and oxygen atoms in total. The number of carboxylic acid groups (broad SMARTS) is 1. The number of carbonyl (C=O) groups is 3. The number of rotatable bonds is 4. The Balaban J connectivity index is 3.24. The molecule has 120 valence electrons. The second-order valence-electron chi connectivity index (χ2n) is 5.46. The van der Waals surface area contributed by atoms with Gasteiger partial charge in [0.05, 0.1) is 18.4 Å². The van der Waals surface area contributed by atoms with E-state index in [1.807, 2.05) is 0 Å². The molecule has 0 bridgehead atoms. The second kappa shape index (κ2) is 6.93. The number of nitrogens with zero attached hydrogens (tertiary/aromatic N) is 1. The van der Waals surface area contributed by atoms with Crippen molar-refractivity contribution in [3.8, 4) is 0 Å². The predicted molar refractivity (Wildman–Crippen MR) is 79.0 cm³/mol. The van der Waals surface area contributed by atoms with E-state index in [9.17, 15) is 19.5 Å². The molecule has 7 heteroatoms. The van der Waals surface area contributed by atoms with Gasteiger partial charge >= 0.3 is 18.0 Å². The normalized spacial score (nSPS) is 10.7. The lowest BCUT2D eigenvalue weighted by Crippen LogP contribution is -2.41. The van der Waals surface area contributed by atoms with E-state index in [4.69, 9.17) is 4.74 Å². The van der Waals surface area contributed by atoms with Crippen LogP contribution in [0.3, 0.4) is 0 Å². The zero-order valence-corrected chi connectivity index (χ0v) is 13.0. The molecule has 0 aliphatic rings. The molecule has 0 fully saturated rings.